The van der Waals surface area contributed by atoms with Crippen molar-refractivity contribution >= 4 is 0 Å². The summed E-state index contributed by atoms with van der Waals surface area (Å²) in [5, 5.41) is 0. The predicted molar refractivity (Wildman–Crippen MR) is 107 cm³/mol. The third-order valence-electron chi connectivity index (χ3n) is 7.56. The molecule has 2 fully saturated rings. The number of piperidine rings is 1. The molecule has 1 heterocycles. The summed E-state index contributed by atoms with van der Waals surface area (Å²) in [6.45, 7) is 15.6. The second kappa shape index (κ2) is 5.59. The van der Waals surface area contributed by atoms with Crippen molar-refractivity contribution < 1.29 is 0 Å². The van der Waals surface area contributed by atoms with Gasteiger partial charge in [-0.3, -0.25) is 4.90 Å². The Balaban J connectivity index is 1.84. The van der Waals surface area contributed by atoms with E-state index in [9.17, 15) is 0 Å². The molecule has 1 aliphatic heterocycles. The molecule has 3 aliphatic rings. The van der Waals surface area contributed by atoms with Gasteiger partial charge in [0.2, 0.25) is 0 Å². The molecular formula is C24H37N. The predicted octanol–water partition coefficient (Wildman–Crippen LogP) is 5.84. The van der Waals surface area contributed by atoms with Crippen molar-refractivity contribution in [3.63, 3.8) is 0 Å². The van der Waals surface area contributed by atoms with E-state index >= 15 is 0 Å². The minimum absolute atomic E-state index is 0.249. The molecule has 3 atom stereocenters. The van der Waals surface area contributed by atoms with E-state index in [1.807, 2.05) is 0 Å². The molecule has 1 saturated heterocycles. The lowest BCUT2D eigenvalue weighted by Crippen LogP contribution is -2.64. The number of rotatable bonds is 0. The Kier molecular flexibility index (Phi) is 3.93. The zero-order valence-electron chi connectivity index (χ0n) is 17.3. The summed E-state index contributed by atoms with van der Waals surface area (Å²) in [5.74, 6) is 0.872. The maximum Gasteiger partial charge on any atom is 0.0178 e. The number of hydrogen-bond donors (Lipinski definition) is 0. The fraction of sp³-hybridized carbons (Fsp3) is 0.750. The van der Waals surface area contributed by atoms with Crippen LogP contribution in [0.2, 0.25) is 0 Å². The third-order valence-corrected chi connectivity index (χ3v) is 7.56. The molecule has 0 amide bonds. The Morgan fingerprint density at radius 1 is 1.00 bits per heavy atom. The highest BCUT2D eigenvalue weighted by Gasteiger charge is 2.55. The van der Waals surface area contributed by atoms with Gasteiger partial charge in [-0.25, -0.2) is 0 Å². The van der Waals surface area contributed by atoms with Gasteiger partial charge in [-0.15, -0.1) is 0 Å². The minimum Gasteiger partial charge on any atom is -0.295 e. The number of fused-ring (bicyclic) bond motifs is 1. The first-order valence-corrected chi connectivity index (χ1v) is 10.5. The van der Waals surface area contributed by atoms with E-state index in [0.717, 1.165) is 12.0 Å². The van der Waals surface area contributed by atoms with Crippen molar-refractivity contribution in [1.82, 2.24) is 4.90 Å². The van der Waals surface area contributed by atoms with Gasteiger partial charge < -0.3 is 0 Å². The second-order valence-corrected chi connectivity index (χ2v) is 11.0. The van der Waals surface area contributed by atoms with Crippen LogP contribution in [0.25, 0.3) is 0 Å². The standard InChI is InChI=1S/C24H37N/c1-22(2,3)18-11-10-17-15-21-19-9-7-8-12-24(19,20(17)16-18)13-14-25(21)23(4,5)6/h10-11,16,19,21H,7-9,12-15H2,1-6H3/t19?,21-,24?/m1/s1. The average molecular weight is 340 g/mol. The van der Waals surface area contributed by atoms with Crippen LogP contribution in [0.4, 0.5) is 0 Å². The summed E-state index contributed by atoms with van der Waals surface area (Å²) in [4.78, 5) is 2.85. The lowest BCUT2D eigenvalue weighted by Gasteiger charge is -2.61. The van der Waals surface area contributed by atoms with Gasteiger partial charge in [0.05, 0.1) is 0 Å². The van der Waals surface area contributed by atoms with Crippen molar-refractivity contribution in [3.8, 4) is 0 Å². The van der Waals surface area contributed by atoms with Gasteiger partial charge in [-0.1, -0.05) is 51.8 Å². The number of nitrogens with zero attached hydrogens (tertiary/aromatic N) is 1. The SMILES string of the molecule is CC(C)(C)c1ccc2c(c1)C13CCCCC1[C@@H](C2)N(C(C)(C)C)CC3. The van der Waals surface area contributed by atoms with Gasteiger partial charge >= 0.3 is 0 Å². The van der Waals surface area contributed by atoms with Crippen molar-refractivity contribution in [2.45, 2.75) is 102 Å². The van der Waals surface area contributed by atoms with Crippen LogP contribution in [-0.4, -0.2) is 23.0 Å². The summed E-state index contributed by atoms with van der Waals surface area (Å²) in [6, 6.07) is 8.27. The lowest BCUT2D eigenvalue weighted by atomic mass is 9.51. The maximum atomic E-state index is 2.85. The molecule has 0 spiro atoms. The Bertz CT molecular complexity index is 660. The molecule has 4 rings (SSSR count). The van der Waals surface area contributed by atoms with Crippen LogP contribution < -0.4 is 0 Å². The lowest BCUT2D eigenvalue weighted by molar-refractivity contribution is -0.0542. The van der Waals surface area contributed by atoms with E-state index in [0.29, 0.717) is 5.41 Å². The van der Waals surface area contributed by atoms with Gasteiger partial charge in [0.1, 0.15) is 0 Å². The van der Waals surface area contributed by atoms with E-state index < -0.39 is 0 Å². The van der Waals surface area contributed by atoms with Crippen LogP contribution in [-0.2, 0) is 17.3 Å². The summed E-state index contributed by atoms with van der Waals surface area (Å²) in [5.41, 5.74) is 5.94. The summed E-state index contributed by atoms with van der Waals surface area (Å²) in [7, 11) is 0. The highest BCUT2D eigenvalue weighted by molar-refractivity contribution is 5.45. The molecule has 0 aromatic heterocycles. The van der Waals surface area contributed by atoms with Crippen molar-refractivity contribution in [3.05, 3.63) is 34.9 Å². The molecule has 1 aromatic carbocycles. The first-order valence-electron chi connectivity index (χ1n) is 10.5. The van der Waals surface area contributed by atoms with Gasteiger partial charge in [0.15, 0.2) is 0 Å². The van der Waals surface area contributed by atoms with Crippen LogP contribution >= 0.6 is 0 Å². The number of benzene rings is 1. The molecule has 1 heteroatoms. The van der Waals surface area contributed by atoms with Crippen LogP contribution in [0, 0.1) is 5.92 Å². The molecule has 1 saturated carbocycles. The van der Waals surface area contributed by atoms with E-state index in [1.54, 1.807) is 11.1 Å². The molecule has 25 heavy (non-hydrogen) atoms. The number of likely N-dealkylation sites (tertiary alicyclic amines) is 1. The number of hydrogen-bond acceptors (Lipinski definition) is 1. The highest BCUT2D eigenvalue weighted by Crippen LogP contribution is 2.57. The summed E-state index contributed by atoms with van der Waals surface area (Å²) in [6.07, 6.45) is 8.37. The Morgan fingerprint density at radius 2 is 1.76 bits per heavy atom. The van der Waals surface area contributed by atoms with E-state index in [1.165, 1.54) is 50.6 Å². The summed E-state index contributed by atoms with van der Waals surface area (Å²) < 4.78 is 0. The maximum absolute atomic E-state index is 2.85. The highest BCUT2D eigenvalue weighted by atomic mass is 15.2. The topological polar surface area (TPSA) is 3.24 Å². The molecule has 2 unspecified atom stereocenters. The average Bonchev–Trinajstić information content (AvgIpc) is 2.52. The molecule has 138 valence electrons. The van der Waals surface area contributed by atoms with Crippen LogP contribution in [0.3, 0.4) is 0 Å². The Labute approximate surface area is 155 Å². The molecule has 1 nitrogen and oxygen atoms in total. The van der Waals surface area contributed by atoms with Crippen molar-refractivity contribution in [2.75, 3.05) is 6.54 Å². The Morgan fingerprint density at radius 3 is 2.44 bits per heavy atom. The summed E-state index contributed by atoms with van der Waals surface area (Å²) >= 11 is 0. The van der Waals surface area contributed by atoms with Crippen LogP contribution in [0.1, 0.15) is 90.3 Å². The van der Waals surface area contributed by atoms with Crippen LogP contribution in [0.15, 0.2) is 18.2 Å². The first kappa shape index (κ1) is 17.6. The molecule has 2 aliphatic carbocycles. The van der Waals surface area contributed by atoms with Gasteiger partial charge in [0, 0.05) is 17.0 Å². The molecular weight excluding hydrogens is 302 g/mol. The van der Waals surface area contributed by atoms with E-state index in [-0.39, 0.29) is 11.0 Å². The van der Waals surface area contributed by atoms with E-state index in [4.69, 9.17) is 0 Å². The van der Waals surface area contributed by atoms with Crippen molar-refractivity contribution in [2.24, 2.45) is 5.92 Å². The fourth-order valence-corrected chi connectivity index (χ4v) is 6.30. The normalized spacial score (nSPS) is 32.9. The zero-order chi connectivity index (χ0) is 18.0. The smallest absolute Gasteiger partial charge is 0.0178 e. The monoisotopic (exact) mass is 339 g/mol. The van der Waals surface area contributed by atoms with Gasteiger partial charge in [-0.05, 0) is 81.0 Å². The second-order valence-electron chi connectivity index (χ2n) is 11.0. The van der Waals surface area contributed by atoms with Gasteiger partial charge in [-0.2, -0.15) is 0 Å². The van der Waals surface area contributed by atoms with E-state index in [2.05, 4.69) is 64.6 Å². The molecule has 2 bridgehead atoms. The minimum atomic E-state index is 0.249. The van der Waals surface area contributed by atoms with Gasteiger partial charge in [0.25, 0.3) is 0 Å². The fourth-order valence-electron chi connectivity index (χ4n) is 6.30. The molecule has 0 radical (unpaired) electrons. The largest absolute Gasteiger partial charge is 0.295 e. The van der Waals surface area contributed by atoms with Crippen LogP contribution in [0.5, 0.6) is 0 Å². The zero-order valence-corrected chi connectivity index (χ0v) is 17.3. The first-order chi connectivity index (χ1) is 11.6. The molecule has 1 aromatic rings. The molecule has 0 N–H and O–H groups in total. The van der Waals surface area contributed by atoms with Crippen molar-refractivity contribution in [1.29, 1.82) is 0 Å². The quantitative estimate of drug-likeness (QED) is 0.574. The Hall–Kier alpha value is -0.820. The third kappa shape index (κ3) is 2.69.